The fraction of sp³-hybridized carbons (Fsp3) is 0.500. The minimum absolute atomic E-state index is 0.0752. The van der Waals surface area contributed by atoms with Crippen LogP contribution in [-0.2, 0) is 16.0 Å². The van der Waals surface area contributed by atoms with Gasteiger partial charge >= 0.3 is 11.9 Å². The number of aliphatic hydroxyl groups is 1. The summed E-state index contributed by atoms with van der Waals surface area (Å²) in [5, 5.41) is 18.0. The number of unbranched alkanes of at least 4 members (excludes halogenated alkanes) is 1. The van der Waals surface area contributed by atoms with Crippen LogP contribution in [0.1, 0.15) is 41.6 Å². The number of aliphatic carboxylic acids is 1. The lowest BCUT2D eigenvalue weighted by Crippen LogP contribution is -2.10. The first-order valence-corrected chi connectivity index (χ1v) is 7.06. The van der Waals surface area contributed by atoms with Gasteiger partial charge in [-0.15, -0.1) is 0 Å². The molecule has 0 heterocycles. The van der Waals surface area contributed by atoms with Crippen molar-refractivity contribution < 1.29 is 24.5 Å². The fourth-order valence-corrected chi connectivity index (χ4v) is 2.20. The van der Waals surface area contributed by atoms with E-state index in [4.69, 9.17) is 5.11 Å². The standard InChI is InChI=1S/C16H22O5/c1-21-16(20)14-8-6-12(7-9-14)10-13(11-17)4-2-3-5-15(18)19/h6-9,13,17H,2-5,10-11H2,1H3,(H,18,19). The molecule has 1 rings (SSSR count). The van der Waals surface area contributed by atoms with Crippen LogP contribution in [0.3, 0.4) is 0 Å². The second kappa shape index (κ2) is 9.13. The second-order valence-electron chi connectivity index (χ2n) is 5.08. The van der Waals surface area contributed by atoms with Gasteiger partial charge in [0.15, 0.2) is 0 Å². The van der Waals surface area contributed by atoms with Crippen molar-refractivity contribution in [3.63, 3.8) is 0 Å². The molecular formula is C16H22O5. The van der Waals surface area contributed by atoms with E-state index in [0.29, 0.717) is 18.4 Å². The molecule has 0 bridgehead atoms. The van der Waals surface area contributed by atoms with E-state index in [1.807, 2.05) is 12.1 Å². The predicted octanol–water partition coefficient (Wildman–Crippen LogP) is 2.27. The van der Waals surface area contributed by atoms with Gasteiger partial charge in [0.25, 0.3) is 0 Å². The second-order valence-corrected chi connectivity index (χ2v) is 5.08. The molecule has 0 aliphatic rings. The van der Waals surface area contributed by atoms with E-state index >= 15 is 0 Å². The minimum Gasteiger partial charge on any atom is -0.481 e. The maximum absolute atomic E-state index is 11.3. The first-order valence-electron chi connectivity index (χ1n) is 7.06. The Morgan fingerprint density at radius 2 is 1.86 bits per heavy atom. The number of benzene rings is 1. The van der Waals surface area contributed by atoms with Crippen molar-refractivity contribution >= 4 is 11.9 Å². The number of methoxy groups -OCH3 is 1. The summed E-state index contributed by atoms with van der Waals surface area (Å²) >= 11 is 0. The van der Waals surface area contributed by atoms with Crippen molar-refractivity contribution in [1.29, 1.82) is 0 Å². The average molecular weight is 294 g/mol. The Kier molecular flexibility index (Phi) is 7.46. The quantitative estimate of drug-likeness (QED) is 0.539. The van der Waals surface area contributed by atoms with Crippen molar-refractivity contribution in [2.75, 3.05) is 13.7 Å². The van der Waals surface area contributed by atoms with Gasteiger partial charge in [-0.3, -0.25) is 4.79 Å². The van der Waals surface area contributed by atoms with Crippen molar-refractivity contribution in [3.05, 3.63) is 35.4 Å². The Hall–Kier alpha value is -1.88. The number of esters is 1. The molecule has 0 aromatic heterocycles. The van der Waals surface area contributed by atoms with Crippen LogP contribution in [0.4, 0.5) is 0 Å². The van der Waals surface area contributed by atoms with E-state index in [9.17, 15) is 14.7 Å². The van der Waals surface area contributed by atoms with Crippen LogP contribution in [0.5, 0.6) is 0 Å². The maximum atomic E-state index is 11.3. The molecule has 1 unspecified atom stereocenters. The molecule has 0 spiro atoms. The van der Waals surface area contributed by atoms with E-state index < -0.39 is 5.97 Å². The Labute approximate surface area is 124 Å². The molecule has 1 atom stereocenters. The molecule has 0 aliphatic heterocycles. The van der Waals surface area contributed by atoms with Crippen LogP contribution in [0, 0.1) is 5.92 Å². The molecule has 0 radical (unpaired) electrons. The molecule has 2 N–H and O–H groups in total. The van der Waals surface area contributed by atoms with Crippen molar-refractivity contribution in [1.82, 2.24) is 0 Å². The number of carboxylic acid groups (broad SMARTS) is 1. The lowest BCUT2D eigenvalue weighted by atomic mass is 9.94. The zero-order chi connectivity index (χ0) is 15.7. The van der Waals surface area contributed by atoms with E-state index in [2.05, 4.69) is 4.74 Å². The van der Waals surface area contributed by atoms with Crippen molar-refractivity contribution in [3.8, 4) is 0 Å². The van der Waals surface area contributed by atoms with E-state index in [0.717, 1.165) is 18.4 Å². The molecule has 0 aliphatic carbocycles. The topological polar surface area (TPSA) is 83.8 Å². The zero-order valence-electron chi connectivity index (χ0n) is 12.2. The first kappa shape index (κ1) is 17.2. The van der Waals surface area contributed by atoms with Gasteiger partial charge in [-0.05, 0) is 42.9 Å². The third-order valence-corrected chi connectivity index (χ3v) is 3.41. The lowest BCUT2D eigenvalue weighted by Gasteiger charge is -2.14. The average Bonchev–Trinajstić information content (AvgIpc) is 2.49. The summed E-state index contributed by atoms with van der Waals surface area (Å²) in [6, 6.07) is 7.12. The number of carboxylic acids is 1. The monoisotopic (exact) mass is 294 g/mol. The van der Waals surface area contributed by atoms with Crippen LogP contribution >= 0.6 is 0 Å². The SMILES string of the molecule is COC(=O)c1ccc(CC(CO)CCCCC(=O)O)cc1. The summed E-state index contributed by atoms with van der Waals surface area (Å²) in [6.45, 7) is 0.0752. The normalized spacial score (nSPS) is 11.9. The molecule has 0 saturated carbocycles. The number of hydrogen-bond acceptors (Lipinski definition) is 4. The van der Waals surface area contributed by atoms with Gasteiger partial charge in [0.05, 0.1) is 12.7 Å². The third-order valence-electron chi connectivity index (χ3n) is 3.41. The molecule has 1 aromatic rings. The number of hydrogen-bond donors (Lipinski definition) is 2. The summed E-state index contributed by atoms with van der Waals surface area (Å²) in [6.07, 6.45) is 3.10. The summed E-state index contributed by atoms with van der Waals surface area (Å²) in [5.41, 5.74) is 1.54. The molecule has 21 heavy (non-hydrogen) atoms. The molecule has 0 fully saturated rings. The number of carbonyl (C=O) groups excluding carboxylic acids is 1. The number of ether oxygens (including phenoxy) is 1. The van der Waals surface area contributed by atoms with Crippen LogP contribution < -0.4 is 0 Å². The van der Waals surface area contributed by atoms with E-state index in [-0.39, 0.29) is 24.9 Å². The Morgan fingerprint density at radius 1 is 1.19 bits per heavy atom. The minimum atomic E-state index is -0.783. The van der Waals surface area contributed by atoms with Crippen molar-refractivity contribution in [2.45, 2.75) is 32.1 Å². The van der Waals surface area contributed by atoms with Crippen LogP contribution in [0.25, 0.3) is 0 Å². The highest BCUT2D eigenvalue weighted by Crippen LogP contribution is 2.16. The molecule has 0 amide bonds. The Bertz CT molecular complexity index is 452. The lowest BCUT2D eigenvalue weighted by molar-refractivity contribution is -0.137. The van der Waals surface area contributed by atoms with Crippen LogP contribution in [0.2, 0.25) is 0 Å². The molecule has 5 nitrogen and oxygen atoms in total. The van der Waals surface area contributed by atoms with E-state index in [1.165, 1.54) is 7.11 Å². The van der Waals surface area contributed by atoms with Gasteiger partial charge in [0.1, 0.15) is 0 Å². The van der Waals surface area contributed by atoms with Gasteiger partial charge in [-0.2, -0.15) is 0 Å². The zero-order valence-corrected chi connectivity index (χ0v) is 12.2. The largest absolute Gasteiger partial charge is 0.481 e. The molecular weight excluding hydrogens is 272 g/mol. The summed E-state index contributed by atoms with van der Waals surface area (Å²) in [7, 11) is 1.34. The highest BCUT2D eigenvalue weighted by Gasteiger charge is 2.10. The smallest absolute Gasteiger partial charge is 0.337 e. The van der Waals surface area contributed by atoms with Crippen LogP contribution in [-0.4, -0.2) is 35.9 Å². The third kappa shape index (κ3) is 6.40. The number of rotatable bonds is 9. The molecule has 5 heteroatoms. The molecule has 1 aromatic carbocycles. The predicted molar refractivity (Wildman–Crippen MR) is 78.2 cm³/mol. The molecule has 0 saturated heterocycles. The van der Waals surface area contributed by atoms with E-state index in [1.54, 1.807) is 12.1 Å². The van der Waals surface area contributed by atoms with Crippen molar-refractivity contribution in [2.24, 2.45) is 5.92 Å². The Morgan fingerprint density at radius 3 is 2.38 bits per heavy atom. The Balaban J connectivity index is 2.45. The first-order chi connectivity index (χ1) is 10.1. The van der Waals surface area contributed by atoms with Gasteiger partial charge in [-0.1, -0.05) is 18.6 Å². The number of aliphatic hydroxyl groups excluding tert-OH is 1. The van der Waals surface area contributed by atoms with Gasteiger partial charge in [0, 0.05) is 13.0 Å². The van der Waals surface area contributed by atoms with Gasteiger partial charge in [0.2, 0.25) is 0 Å². The van der Waals surface area contributed by atoms with Gasteiger partial charge < -0.3 is 14.9 Å². The maximum Gasteiger partial charge on any atom is 0.337 e. The fourth-order valence-electron chi connectivity index (χ4n) is 2.20. The van der Waals surface area contributed by atoms with Gasteiger partial charge in [-0.25, -0.2) is 4.79 Å². The summed E-state index contributed by atoms with van der Waals surface area (Å²) in [4.78, 5) is 21.8. The highest BCUT2D eigenvalue weighted by molar-refractivity contribution is 5.89. The summed E-state index contributed by atoms with van der Waals surface area (Å²) in [5.74, 6) is -1.04. The summed E-state index contributed by atoms with van der Waals surface area (Å²) < 4.78 is 4.64. The van der Waals surface area contributed by atoms with Crippen LogP contribution in [0.15, 0.2) is 24.3 Å². The highest BCUT2D eigenvalue weighted by atomic mass is 16.5. The number of carbonyl (C=O) groups is 2. The molecule has 116 valence electrons.